The maximum atomic E-state index is 11.2. The summed E-state index contributed by atoms with van der Waals surface area (Å²) >= 11 is 5.53. The number of aromatic nitrogens is 1. The molecule has 0 aromatic carbocycles. The lowest BCUT2D eigenvalue weighted by Crippen LogP contribution is -2.09. The van der Waals surface area contributed by atoms with Crippen LogP contribution < -0.4 is 0 Å². The predicted molar refractivity (Wildman–Crippen MR) is 56.2 cm³/mol. The molecule has 0 aliphatic heterocycles. The fourth-order valence-corrected chi connectivity index (χ4v) is 1.27. The van der Waals surface area contributed by atoms with Gasteiger partial charge in [0.2, 0.25) is 0 Å². The van der Waals surface area contributed by atoms with Gasteiger partial charge in [0.15, 0.2) is 0 Å². The van der Waals surface area contributed by atoms with Crippen molar-refractivity contribution in [2.75, 3.05) is 6.61 Å². The first kappa shape index (κ1) is 12.4. The molecule has 0 spiro atoms. The van der Waals surface area contributed by atoms with E-state index in [1.807, 2.05) is 0 Å². The number of pyridine rings is 1. The van der Waals surface area contributed by atoms with Crippen LogP contribution in [0, 0.1) is 10.1 Å². The van der Waals surface area contributed by atoms with Crippen molar-refractivity contribution in [2.45, 2.75) is 13.3 Å². The molecule has 16 heavy (non-hydrogen) atoms. The zero-order chi connectivity index (χ0) is 12.1. The Labute approximate surface area is 96.3 Å². The molecule has 0 amide bonds. The molecular formula is C9H9ClN2O4. The number of hydrogen-bond acceptors (Lipinski definition) is 5. The largest absolute Gasteiger partial charge is 0.466 e. The highest BCUT2D eigenvalue weighted by molar-refractivity contribution is 6.29. The van der Waals surface area contributed by atoms with Gasteiger partial charge in [-0.3, -0.25) is 14.9 Å². The Balaban J connectivity index is 2.95. The van der Waals surface area contributed by atoms with Gasteiger partial charge in [0, 0.05) is 6.20 Å². The van der Waals surface area contributed by atoms with Gasteiger partial charge in [-0.1, -0.05) is 11.6 Å². The Hall–Kier alpha value is -1.69. The molecule has 0 atom stereocenters. The molecule has 1 heterocycles. The molecule has 0 bridgehead atoms. The summed E-state index contributed by atoms with van der Waals surface area (Å²) in [6.07, 6.45) is 1.02. The van der Waals surface area contributed by atoms with Gasteiger partial charge in [-0.25, -0.2) is 4.98 Å². The first-order chi connectivity index (χ1) is 7.54. The molecule has 0 aliphatic rings. The molecule has 0 unspecified atom stereocenters. The fourth-order valence-electron chi connectivity index (χ4n) is 1.12. The molecule has 0 N–H and O–H groups in total. The number of rotatable bonds is 4. The first-order valence-corrected chi connectivity index (χ1v) is 4.86. The molecular weight excluding hydrogens is 236 g/mol. The maximum absolute atomic E-state index is 11.2. The van der Waals surface area contributed by atoms with Crippen molar-refractivity contribution < 1.29 is 14.5 Å². The lowest BCUT2D eigenvalue weighted by molar-refractivity contribution is -0.385. The van der Waals surface area contributed by atoms with E-state index < -0.39 is 10.9 Å². The Bertz CT molecular complexity index is 422. The Morgan fingerprint density at radius 1 is 1.69 bits per heavy atom. The van der Waals surface area contributed by atoms with Crippen molar-refractivity contribution >= 4 is 23.3 Å². The zero-order valence-electron chi connectivity index (χ0n) is 8.47. The van der Waals surface area contributed by atoms with Crippen LogP contribution in [0.25, 0.3) is 0 Å². The number of ether oxygens (including phenoxy) is 1. The van der Waals surface area contributed by atoms with Crippen LogP contribution in [0.15, 0.2) is 12.3 Å². The quantitative estimate of drug-likeness (QED) is 0.349. The Kier molecular flexibility index (Phi) is 4.19. The number of carbonyl (C=O) groups is 1. The summed E-state index contributed by atoms with van der Waals surface area (Å²) in [6, 6.07) is 1.11. The summed E-state index contributed by atoms with van der Waals surface area (Å²) in [5.74, 6) is -0.533. The van der Waals surface area contributed by atoms with E-state index in [2.05, 4.69) is 9.72 Å². The molecule has 0 radical (unpaired) electrons. The zero-order valence-corrected chi connectivity index (χ0v) is 9.23. The average molecular weight is 245 g/mol. The number of carbonyl (C=O) groups excluding carboxylic acids is 1. The summed E-state index contributed by atoms with van der Waals surface area (Å²) in [4.78, 5) is 24.9. The number of nitro groups is 1. The molecule has 0 saturated carbocycles. The van der Waals surface area contributed by atoms with Gasteiger partial charge in [0.1, 0.15) is 5.15 Å². The van der Waals surface area contributed by atoms with Crippen LogP contribution in [0.5, 0.6) is 0 Å². The molecule has 0 saturated heterocycles. The van der Waals surface area contributed by atoms with Gasteiger partial charge < -0.3 is 4.74 Å². The number of esters is 1. The van der Waals surface area contributed by atoms with Gasteiger partial charge in [-0.05, 0) is 6.92 Å². The second kappa shape index (κ2) is 5.41. The van der Waals surface area contributed by atoms with E-state index in [0.29, 0.717) is 0 Å². The minimum absolute atomic E-state index is 0.0132. The summed E-state index contributed by atoms with van der Waals surface area (Å²) in [7, 11) is 0. The van der Waals surface area contributed by atoms with Crippen LogP contribution in [-0.2, 0) is 16.0 Å². The van der Waals surface area contributed by atoms with Crippen LogP contribution in [-0.4, -0.2) is 22.5 Å². The van der Waals surface area contributed by atoms with Crippen LogP contribution in [0.2, 0.25) is 5.15 Å². The van der Waals surface area contributed by atoms with E-state index in [4.69, 9.17) is 11.6 Å². The Morgan fingerprint density at radius 3 is 2.94 bits per heavy atom. The Morgan fingerprint density at radius 2 is 2.38 bits per heavy atom. The fraction of sp³-hybridized carbons (Fsp3) is 0.333. The van der Waals surface area contributed by atoms with Crippen LogP contribution in [0.4, 0.5) is 5.69 Å². The smallest absolute Gasteiger partial charge is 0.310 e. The van der Waals surface area contributed by atoms with Gasteiger partial charge in [0.25, 0.3) is 5.69 Å². The first-order valence-electron chi connectivity index (χ1n) is 4.49. The molecule has 1 rings (SSSR count). The lowest BCUT2D eigenvalue weighted by atomic mass is 10.2. The summed E-state index contributed by atoms with van der Waals surface area (Å²) in [5, 5.41) is 10.7. The van der Waals surface area contributed by atoms with Crippen LogP contribution in [0.3, 0.4) is 0 Å². The third-order valence-electron chi connectivity index (χ3n) is 1.77. The molecule has 86 valence electrons. The van der Waals surface area contributed by atoms with E-state index in [1.165, 1.54) is 6.20 Å². The lowest BCUT2D eigenvalue weighted by Gasteiger charge is -2.02. The van der Waals surface area contributed by atoms with Crippen molar-refractivity contribution in [3.63, 3.8) is 0 Å². The van der Waals surface area contributed by atoms with Gasteiger partial charge >= 0.3 is 5.97 Å². The van der Waals surface area contributed by atoms with Crippen molar-refractivity contribution in [1.29, 1.82) is 0 Å². The molecule has 1 aromatic rings. The standard InChI is InChI=1S/C9H9ClN2O4/c1-2-16-9(13)3-6-5-11-8(10)4-7(6)12(14)15/h4-5H,2-3H2,1H3. The van der Waals surface area contributed by atoms with Crippen molar-refractivity contribution in [1.82, 2.24) is 4.98 Å². The molecule has 1 aromatic heterocycles. The summed E-state index contributed by atoms with van der Waals surface area (Å²) < 4.78 is 4.69. The van der Waals surface area contributed by atoms with Crippen molar-refractivity contribution in [3.05, 3.63) is 33.1 Å². The second-order valence-electron chi connectivity index (χ2n) is 2.87. The normalized spacial score (nSPS) is 9.88. The number of halogens is 1. The second-order valence-corrected chi connectivity index (χ2v) is 3.26. The van der Waals surface area contributed by atoms with Gasteiger partial charge in [0.05, 0.1) is 29.6 Å². The molecule has 6 nitrogen and oxygen atoms in total. The highest BCUT2D eigenvalue weighted by atomic mass is 35.5. The van der Waals surface area contributed by atoms with Gasteiger partial charge in [-0.15, -0.1) is 0 Å². The van der Waals surface area contributed by atoms with Crippen LogP contribution in [0.1, 0.15) is 12.5 Å². The maximum Gasteiger partial charge on any atom is 0.310 e. The number of nitrogens with zero attached hydrogens (tertiary/aromatic N) is 2. The predicted octanol–water partition coefficient (Wildman–Crippen LogP) is 1.75. The average Bonchev–Trinajstić information content (AvgIpc) is 2.20. The third kappa shape index (κ3) is 3.16. The van der Waals surface area contributed by atoms with E-state index in [9.17, 15) is 14.9 Å². The topological polar surface area (TPSA) is 82.3 Å². The monoisotopic (exact) mass is 244 g/mol. The highest BCUT2D eigenvalue weighted by Gasteiger charge is 2.18. The highest BCUT2D eigenvalue weighted by Crippen LogP contribution is 2.21. The molecule has 0 aliphatic carbocycles. The van der Waals surface area contributed by atoms with E-state index in [-0.39, 0.29) is 29.4 Å². The third-order valence-corrected chi connectivity index (χ3v) is 1.97. The molecule has 7 heteroatoms. The van der Waals surface area contributed by atoms with Crippen molar-refractivity contribution in [2.24, 2.45) is 0 Å². The van der Waals surface area contributed by atoms with E-state index in [0.717, 1.165) is 6.07 Å². The van der Waals surface area contributed by atoms with Gasteiger partial charge in [-0.2, -0.15) is 0 Å². The minimum Gasteiger partial charge on any atom is -0.466 e. The van der Waals surface area contributed by atoms with Crippen molar-refractivity contribution in [3.8, 4) is 0 Å². The van der Waals surface area contributed by atoms with E-state index in [1.54, 1.807) is 6.92 Å². The van der Waals surface area contributed by atoms with E-state index >= 15 is 0 Å². The van der Waals surface area contributed by atoms with Crippen LogP contribution >= 0.6 is 11.6 Å². The minimum atomic E-state index is -0.609. The SMILES string of the molecule is CCOC(=O)Cc1cnc(Cl)cc1[N+](=O)[O-]. The summed E-state index contributed by atoms with van der Waals surface area (Å²) in [5.41, 5.74) is -0.0408. The summed E-state index contributed by atoms with van der Waals surface area (Å²) in [6.45, 7) is 1.89. The molecule has 0 fully saturated rings. The number of hydrogen-bond donors (Lipinski definition) is 0.